The van der Waals surface area contributed by atoms with Crippen LogP contribution in [-0.4, -0.2) is 21.5 Å². The van der Waals surface area contributed by atoms with Gasteiger partial charge in [-0.3, -0.25) is 0 Å². The number of hydrogen-bond donors (Lipinski definition) is 2. The number of fused-ring (bicyclic) bond motifs is 2. The van der Waals surface area contributed by atoms with Crippen LogP contribution in [0.3, 0.4) is 0 Å². The van der Waals surface area contributed by atoms with E-state index in [0.29, 0.717) is 5.30 Å². The fraction of sp³-hybridized carbons (Fsp3) is 0.571. The van der Waals surface area contributed by atoms with Gasteiger partial charge in [-0.25, -0.2) is 0 Å². The Balaban J connectivity index is 2.13. The quantitative estimate of drug-likeness (QED) is 0.606. The molecule has 1 aromatic rings. The van der Waals surface area contributed by atoms with E-state index in [0.717, 1.165) is 38.5 Å². The lowest BCUT2D eigenvalue weighted by atomic mass is 10.0. The van der Waals surface area contributed by atoms with Crippen molar-refractivity contribution in [1.82, 2.24) is 0 Å². The lowest BCUT2D eigenvalue weighted by Crippen LogP contribution is -2.17. The first-order valence-electron chi connectivity index (χ1n) is 6.74. The molecule has 1 aromatic carbocycles. The second kappa shape index (κ2) is 4.31. The molecular weight excluding hydrogens is 247 g/mol. The summed E-state index contributed by atoms with van der Waals surface area (Å²) in [5, 5.41) is 20.2. The highest BCUT2D eigenvalue weighted by molar-refractivity contribution is 7.73. The zero-order valence-electron chi connectivity index (χ0n) is 10.4. The predicted molar refractivity (Wildman–Crippen MR) is 72.3 cm³/mol. The maximum absolute atomic E-state index is 13.5. The van der Waals surface area contributed by atoms with Gasteiger partial charge in [0.2, 0.25) is 0 Å². The van der Waals surface area contributed by atoms with E-state index in [4.69, 9.17) is 0 Å². The highest BCUT2D eigenvalue weighted by Gasteiger charge is 2.48. The van der Waals surface area contributed by atoms with E-state index >= 15 is 0 Å². The third kappa shape index (κ3) is 1.68. The van der Waals surface area contributed by atoms with Crippen LogP contribution in [0.2, 0.25) is 0 Å². The lowest BCUT2D eigenvalue weighted by molar-refractivity contribution is 0.462. The van der Waals surface area contributed by atoms with Crippen molar-refractivity contribution in [2.24, 2.45) is 0 Å². The van der Waals surface area contributed by atoms with Gasteiger partial charge in [-0.1, -0.05) is 12.8 Å². The van der Waals surface area contributed by atoms with E-state index in [1.807, 2.05) is 0 Å². The van der Waals surface area contributed by atoms with E-state index in [9.17, 15) is 14.8 Å². The van der Waals surface area contributed by atoms with Gasteiger partial charge >= 0.3 is 0 Å². The summed E-state index contributed by atoms with van der Waals surface area (Å²) in [6.07, 6.45) is 6.31. The molecule has 2 atom stereocenters. The van der Waals surface area contributed by atoms with Crippen LogP contribution in [0, 0.1) is 0 Å². The van der Waals surface area contributed by atoms with Crippen molar-refractivity contribution in [3.63, 3.8) is 0 Å². The van der Waals surface area contributed by atoms with E-state index in [2.05, 4.69) is 0 Å². The zero-order valence-corrected chi connectivity index (χ0v) is 11.3. The van der Waals surface area contributed by atoms with Crippen LogP contribution in [0.15, 0.2) is 18.2 Å². The summed E-state index contributed by atoms with van der Waals surface area (Å²) in [5.74, 6) is 0.191. The van der Waals surface area contributed by atoms with Crippen molar-refractivity contribution >= 4 is 12.4 Å². The molecule has 0 spiro atoms. The molecule has 4 heteroatoms. The molecule has 2 aliphatic heterocycles. The summed E-state index contributed by atoms with van der Waals surface area (Å²) in [5.41, 5.74) is 0.440. The Labute approximate surface area is 107 Å². The molecule has 98 valence electrons. The van der Waals surface area contributed by atoms with Crippen molar-refractivity contribution in [3.05, 3.63) is 18.2 Å². The van der Waals surface area contributed by atoms with Gasteiger partial charge in [0.1, 0.15) is 18.6 Å². The molecule has 0 amide bonds. The molecule has 3 rings (SSSR count). The summed E-state index contributed by atoms with van der Waals surface area (Å²) < 4.78 is 13.5. The number of phenolic OH excluding ortho intramolecular Hbond substituents is 2. The first kappa shape index (κ1) is 12.1. The number of phenols is 2. The standard InChI is InChI=1S/C14H19O3P/c15-10-5-8-13(16)14(9-10)18(17)11-3-1-2-4-12(18)7-6-11/h5,8-9,11-12,15-16H,1-4,6-7H2. The van der Waals surface area contributed by atoms with Crippen LogP contribution >= 0.6 is 7.14 Å². The van der Waals surface area contributed by atoms with Crippen LogP contribution in [0.25, 0.3) is 0 Å². The predicted octanol–water partition coefficient (Wildman–Crippen LogP) is 3.19. The number of hydrogen-bond acceptors (Lipinski definition) is 3. The van der Waals surface area contributed by atoms with E-state index in [-0.39, 0.29) is 22.8 Å². The van der Waals surface area contributed by atoms with Gasteiger partial charge in [-0.15, -0.1) is 0 Å². The van der Waals surface area contributed by atoms with Gasteiger partial charge in [0.15, 0.2) is 0 Å². The number of aromatic hydroxyl groups is 2. The van der Waals surface area contributed by atoms with Crippen LogP contribution < -0.4 is 5.30 Å². The molecule has 18 heavy (non-hydrogen) atoms. The Kier molecular flexibility index (Phi) is 2.90. The van der Waals surface area contributed by atoms with Crippen molar-refractivity contribution in [3.8, 4) is 11.5 Å². The third-order valence-electron chi connectivity index (χ3n) is 4.58. The molecule has 2 bridgehead atoms. The van der Waals surface area contributed by atoms with Gasteiger partial charge in [0.05, 0.1) is 5.30 Å². The minimum absolute atomic E-state index is 0.0925. The second-order valence-corrected chi connectivity index (χ2v) is 8.91. The van der Waals surface area contributed by atoms with Gasteiger partial charge in [0.25, 0.3) is 0 Å². The molecule has 0 aliphatic carbocycles. The summed E-state index contributed by atoms with van der Waals surface area (Å²) >= 11 is 0. The molecule has 3 nitrogen and oxygen atoms in total. The minimum Gasteiger partial charge on any atom is -0.508 e. The molecule has 2 fully saturated rings. The first-order valence-corrected chi connectivity index (χ1v) is 8.59. The van der Waals surface area contributed by atoms with Gasteiger partial charge in [-0.2, -0.15) is 0 Å². The molecule has 0 saturated carbocycles. The van der Waals surface area contributed by atoms with Crippen LogP contribution in [0.4, 0.5) is 0 Å². The highest BCUT2D eigenvalue weighted by atomic mass is 31.2. The van der Waals surface area contributed by atoms with Gasteiger partial charge in [0, 0.05) is 11.3 Å². The molecule has 0 aromatic heterocycles. The molecule has 2 unspecified atom stereocenters. The minimum atomic E-state index is -2.55. The Morgan fingerprint density at radius 3 is 2.22 bits per heavy atom. The maximum Gasteiger partial charge on any atom is 0.126 e. The van der Waals surface area contributed by atoms with Crippen LogP contribution in [0.1, 0.15) is 38.5 Å². The number of benzene rings is 1. The molecule has 0 radical (unpaired) electrons. The number of rotatable bonds is 1. The second-order valence-electron chi connectivity index (χ2n) is 5.55. The van der Waals surface area contributed by atoms with Crippen molar-refractivity contribution < 1.29 is 14.8 Å². The topological polar surface area (TPSA) is 57.5 Å². The molecule has 2 aliphatic rings. The van der Waals surface area contributed by atoms with Crippen LogP contribution in [0.5, 0.6) is 11.5 Å². The fourth-order valence-electron chi connectivity index (χ4n) is 3.68. The average molecular weight is 266 g/mol. The van der Waals surface area contributed by atoms with Gasteiger partial charge < -0.3 is 14.8 Å². The largest absolute Gasteiger partial charge is 0.508 e. The molecule has 2 saturated heterocycles. The average Bonchev–Trinajstić information content (AvgIpc) is 2.52. The summed E-state index contributed by atoms with van der Waals surface area (Å²) in [4.78, 5) is 0. The highest BCUT2D eigenvalue weighted by Crippen LogP contribution is 2.67. The lowest BCUT2D eigenvalue weighted by Gasteiger charge is -2.24. The Morgan fingerprint density at radius 1 is 1.00 bits per heavy atom. The summed E-state index contributed by atoms with van der Waals surface area (Å²) in [6.45, 7) is 0. The monoisotopic (exact) mass is 266 g/mol. The van der Waals surface area contributed by atoms with Crippen molar-refractivity contribution in [2.45, 2.75) is 49.8 Å². The molecule has 2 heterocycles. The van der Waals surface area contributed by atoms with E-state index in [1.54, 1.807) is 0 Å². The molecule has 2 N–H and O–H groups in total. The smallest absolute Gasteiger partial charge is 0.126 e. The van der Waals surface area contributed by atoms with Gasteiger partial charge in [-0.05, 0) is 43.9 Å². The van der Waals surface area contributed by atoms with Crippen molar-refractivity contribution in [2.75, 3.05) is 0 Å². The third-order valence-corrected chi connectivity index (χ3v) is 8.89. The summed E-state index contributed by atoms with van der Waals surface area (Å²) in [7, 11) is -2.55. The Morgan fingerprint density at radius 2 is 1.61 bits per heavy atom. The summed E-state index contributed by atoms with van der Waals surface area (Å²) in [6, 6.07) is 4.44. The fourth-order valence-corrected chi connectivity index (χ4v) is 8.03. The SMILES string of the molecule is O=P1(c2cc(O)ccc2O)C2CCCCC1CC2. The van der Waals surface area contributed by atoms with Crippen molar-refractivity contribution in [1.29, 1.82) is 0 Å². The Hall–Kier alpha value is -0.950. The molecular formula is C14H19O3P. The van der Waals surface area contributed by atoms with Crippen LogP contribution in [-0.2, 0) is 4.57 Å². The Bertz CT molecular complexity index is 494. The normalized spacial score (nSPS) is 35.3. The maximum atomic E-state index is 13.5. The van der Waals surface area contributed by atoms with E-state index < -0.39 is 7.14 Å². The zero-order chi connectivity index (χ0) is 12.8. The van der Waals surface area contributed by atoms with E-state index in [1.165, 1.54) is 18.2 Å². The first-order chi connectivity index (χ1) is 8.62.